The summed E-state index contributed by atoms with van der Waals surface area (Å²) >= 11 is 0. The molecule has 2 unspecified atom stereocenters. The standard InChI is InChI=1S/C21H35N3O/c1-15(2)20(22)21(25)23-18-12-8-9-13-19(18)24(16(3)4)14-17-10-6-5-7-11-17/h5-7,10-11,15-16,18-20H,8-9,12-14,22H2,1-4H3,(H,23,25)/t18?,19?,20-/m0/s1. The van der Waals surface area contributed by atoms with Gasteiger partial charge in [0.2, 0.25) is 5.91 Å². The monoisotopic (exact) mass is 345 g/mol. The highest BCUT2D eigenvalue weighted by Gasteiger charge is 2.33. The van der Waals surface area contributed by atoms with E-state index >= 15 is 0 Å². The summed E-state index contributed by atoms with van der Waals surface area (Å²) in [5.74, 6) is 0.155. The molecule has 3 N–H and O–H groups in total. The van der Waals surface area contributed by atoms with Gasteiger partial charge < -0.3 is 11.1 Å². The third-order valence-electron chi connectivity index (χ3n) is 5.38. The van der Waals surface area contributed by atoms with Gasteiger partial charge in [-0.05, 0) is 38.2 Å². The summed E-state index contributed by atoms with van der Waals surface area (Å²) in [6.45, 7) is 9.41. The molecular weight excluding hydrogens is 310 g/mol. The van der Waals surface area contributed by atoms with Crippen LogP contribution >= 0.6 is 0 Å². The van der Waals surface area contributed by atoms with Crippen LogP contribution in [0.5, 0.6) is 0 Å². The van der Waals surface area contributed by atoms with Crippen molar-refractivity contribution >= 4 is 5.91 Å². The Hall–Kier alpha value is -1.39. The number of nitrogens with zero attached hydrogens (tertiary/aromatic N) is 1. The van der Waals surface area contributed by atoms with Crippen molar-refractivity contribution in [2.24, 2.45) is 11.7 Å². The molecule has 4 nitrogen and oxygen atoms in total. The van der Waals surface area contributed by atoms with Crippen LogP contribution in [0.1, 0.15) is 58.9 Å². The Kier molecular flexibility index (Phi) is 7.45. The van der Waals surface area contributed by atoms with Crippen LogP contribution < -0.4 is 11.1 Å². The van der Waals surface area contributed by atoms with E-state index in [1.807, 2.05) is 13.8 Å². The highest BCUT2D eigenvalue weighted by atomic mass is 16.2. The zero-order chi connectivity index (χ0) is 18.4. The quantitative estimate of drug-likeness (QED) is 0.797. The second kappa shape index (κ2) is 9.35. The first kappa shape index (κ1) is 19.9. The average Bonchev–Trinajstić information content (AvgIpc) is 2.60. The fraction of sp³-hybridized carbons (Fsp3) is 0.667. The molecule has 140 valence electrons. The largest absolute Gasteiger partial charge is 0.350 e. The third kappa shape index (κ3) is 5.55. The van der Waals surface area contributed by atoms with Gasteiger partial charge >= 0.3 is 0 Å². The summed E-state index contributed by atoms with van der Waals surface area (Å²) in [7, 11) is 0. The van der Waals surface area contributed by atoms with Gasteiger partial charge in [0.1, 0.15) is 0 Å². The van der Waals surface area contributed by atoms with Crippen LogP contribution in [0.2, 0.25) is 0 Å². The Morgan fingerprint density at radius 2 is 1.80 bits per heavy atom. The maximum absolute atomic E-state index is 12.5. The normalized spacial score (nSPS) is 22.4. The molecule has 0 aliphatic heterocycles. The number of rotatable bonds is 7. The minimum atomic E-state index is -0.427. The van der Waals surface area contributed by atoms with E-state index in [4.69, 9.17) is 5.73 Å². The molecule has 1 aromatic rings. The molecule has 0 aromatic heterocycles. The van der Waals surface area contributed by atoms with E-state index in [0.29, 0.717) is 12.1 Å². The number of carbonyl (C=O) groups excluding carboxylic acids is 1. The molecule has 1 aromatic carbocycles. The van der Waals surface area contributed by atoms with Gasteiger partial charge in [0.05, 0.1) is 6.04 Å². The van der Waals surface area contributed by atoms with Crippen LogP contribution in [0.15, 0.2) is 30.3 Å². The fourth-order valence-corrected chi connectivity index (χ4v) is 3.74. The summed E-state index contributed by atoms with van der Waals surface area (Å²) in [5, 5.41) is 3.27. The fourth-order valence-electron chi connectivity index (χ4n) is 3.74. The van der Waals surface area contributed by atoms with Crippen molar-refractivity contribution in [1.82, 2.24) is 10.2 Å². The average molecular weight is 346 g/mol. The molecule has 0 radical (unpaired) electrons. The van der Waals surface area contributed by atoms with Gasteiger partial charge in [-0.1, -0.05) is 57.0 Å². The third-order valence-corrected chi connectivity index (χ3v) is 5.38. The van der Waals surface area contributed by atoms with Crippen molar-refractivity contribution in [2.45, 2.75) is 84.1 Å². The Bertz CT molecular complexity index is 529. The van der Waals surface area contributed by atoms with E-state index < -0.39 is 6.04 Å². The number of carbonyl (C=O) groups is 1. The molecule has 3 atom stereocenters. The van der Waals surface area contributed by atoms with E-state index in [1.165, 1.54) is 18.4 Å². The minimum absolute atomic E-state index is 0.00434. The van der Waals surface area contributed by atoms with Crippen LogP contribution in [0.25, 0.3) is 0 Å². The SMILES string of the molecule is CC(C)[C@H](N)C(=O)NC1CCCCC1N(Cc1ccccc1)C(C)C. The first-order chi connectivity index (χ1) is 11.9. The van der Waals surface area contributed by atoms with Crippen LogP contribution in [0.3, 0.4) is 0 Å². The van der Waals surface area contributed by atoms with E-state index in [9.17, 15) is 4.79 Å². The molecule has 4 heteroatoms. The van der Waals surface area contributed by atoms with Crippen LogP contribution in [-0.4, -0.2) is 35.0 Å². The van der Waals surface area contributed by atoms with E-state index in [-0.39, 0.29) is 17.9 Å². The zero-order valence-electron chi connectivity index (χ0n) is 16.2. The van der Waals surface area contributed by atoms with Crippen LogP contribution in [-0.2, 0) is 11.3 Å². The van der Waals surface area contributed by atoms with Gasteiger partial charge in [-0.15, -0.1) is 0 Å². The minimum Gasteiger partial charge on any atom is -0.350 e. The van der Waals surface area contributed by atoms with Crippen molar-refractivity contribution in [3.05, 3.63) is 35.9 Å². The molecule has 1 aliphatic carbocycles. The molecule has 1 aliphatic rings. The lowest BCUT2D eigenvalue weighted by Gasteiger charge is -2.43. The molecule has 0 heterocycles. The summed E-state index contributed by atoms with van der Waals surface area (Å²) in [4.78, 5) is 15.0. The predicted octanol–water partition coefficient (Wildman–Crippen LogP) is 3.31. The number of amides is 1. The van der Waals surface area contributed by atoms with Gasteiger partial charge in [0.15, 0.2) is 0 Å². The zero-order valence-corrected chi connectivity index (χ0v) is 16.2. The number of hydrogen-bond acceptors (Lipinski definition) is 3. The number of hydrogen-bond donors (Lipinski definition) is 2. The van der Waals surface area contributed by atoms with Gasteiger partial charge in [-0.2, -0.15) is 0 Å². The van der Waals surface area contributed by atoms with E-state index in [2.05, 4.69) is 54.4 Å². The Balaban J connectivity index is 2.11. The van der Waals surface area contributed by atoms with Crippen molar-refractivity contribution in [3.63, 3.8) is 0 Å². The second-order valence-electron chi connectivity index (χ2n) is 7.99. The number of nitrogens with two attached hydrogens (primary N) is 1. The van der Waals surface area contributed by atoms with Crippen molar-refractivity contribution in [2.75, 3.05) is 0 Å². The van der Waals surface area contributed by atoms with Crippen molar-refractivity contribution in [1.29, 1.82) is 0 Å². The smallest absolute Gasteiger partial charge is 0.237 e. The Morgan fingerprint density at radius 1 is 1.16 bits per heavy atom. The maximum Gasteiger partial charge on any atom is 0.237 e. The molecule has 1 amide bonds. The highest BCUT2D eigenvalue weighted by Crippen LogP contribution is 2.26. The summed E-state index contributed by atoms with van der Waals surface area (Å²) in [6.07, 6.45) is 4.58. The Labute approximate surface area is 153 Å². The van der Waals surface area contributed by atoms with Gasteiger partial charge in [-0.3, -0.25) is 9.69 Å². The topological polar surface area (TPSA) is 58.4 Å². The van der Waals surface area contributed by atoms with Crippen molar-refractivity contribution < 1.29 is 4.79 Å². The lowest BCUT2D eigenvalue weighted by molar-refractivity contribution is -0.124. The second-order valence-corrected chi connectivity index (χ2v) is 7.99. The first-order valence-electron chi connectivity index (χ1n) is 9.75. The summed E-state index contributed by atoms with van der Waals surface area (Å²) in [6, 6.07) is 11.2. The lowest BCUT2D eigenvalue weighted by Crippen LogP contribution is -2.57. The van der Waals surface area contributed by atoms with E-state index in [0.717, 1.165) is 19.4 Å². The van der Waals surface area contributed by atoms with Crippen LogP contribution in [0, 0.1) is 5.92 Å². The molecule has 0 bridgehead atoms. The Morgan fingerprint density at radius 3 is 2.40 bits per heavy atom. The van der Waals surface area contributed by atoms with Gasteiger partial charge in [0.25, 0.3) is 0 Å². The molecule has 0 saturated heterocycles. The summed E-state index contributed by atoms with van der Waals surface area (Å²) in [5.41, 5.74) is 7.38. The summed E-state index contributed by atoms with van der Waals surface area (Å²) < 4.78 is 0. The predicted molar refractivity (Wildman–Crippen MR) is 104 cm³/mol. The lowest BCUT2D eigenvalue weighted by atomic mass is 9.87. The molecule has 25 heavy (non-hydrogen) atoms. The molecule has 1 saturated carbocycles. The van der Waals surface area contributed by atoms with E-state index in [1.54, 1.807) is 0 Å². The molecule has 0 spiro atoms. The van der Waals surface area contributed by atoms with Gasteiger partial charge in [0, 0.05) is 24.7 Å². The first-order valence-corrected chi connectivity index (χ1v) is 9.75. The number of benzene rings is 1. The molecule has 2 rings (SSSR count). The highest BCUT2D eigenvalue weighted by molar-refractivity contribution is 5.82. The van der Waals surface area contributed by atoms with Crippen LogP contribution in [0.4, 0.5) is 0 Å². The van der Waals surface area contributed by atoms with Gasteiger partial charge in [-0.25, -0.2) is 0 Å². The maximum atomic E-state index is 12.5. The van der Waals surface area contributed by atoms with Crippen molar-refractivity contribution in [3.8, 4) is 0 Å². The number of nitrogens with one attached hydrogen (secondary N) is 1. The molecular formula is C21H35N3O. The molecule has 1 fully saturated rings.